The fraction of sp³-hybridized carbons (Fsp3) is 0.273. The molecular weight excluding hydrogens is 342 g/mol. The molecule has 0 amide bonds. The molecule has 1 aromatic heterocycles. The fourth-order valence-corrected chi connectivity index (χ4v) is 3.52. The van der Waals surface area contributed by atoms with Crippen LogP contribution in [0.4, 0.5) is 0 Å². The van der Waals surface area contributed by atoms with Crippen molar-refractivity contribution in [1.82, 2.24) is 4.57 Å². The Kier molecular flexibility index (Phi) is 5.15. The highest BCUT2D eigenvalue weighted by Crippen LogP contribution is 2.36. The van der Waals surface area contributed by atoms with Crippen LogP contribution in [0.25, 0.3) is 21.9 Å². The number of benzene rings is 2. The predicted molar refractivity (Wildman–Crippen MR) is 105 cm³/mol. The molecule has 0 N–H and O–H groups in total. The Hall–Kier alpha value is -2.92. The molecule has 0 saturated heterocycles. The Morgan fingerprint density at radius 1 is 1.07 bits per heavy atom. The minimum Gasteiger partial charge on any atom is -0.312 e. The molecule has 5 nitrogen and oxygen atoms in total. The number of rotatable bonds is 4. The minimum atomic E-state index is -0.619. The lowest BCUT2D eigenvalue weighted by Gasteiger charge is -2.22. The van der Waals surface area contributed by atoms with E-state index in [1.54, 1.807) is 18.5 Å². The Morgan fingerprint density at radius 3 is 2.37 bits per heavy atom. The van der Waals surface area contributed by atoms with Gasteiger partial charge in [-0.3, -0.25) is 9.68 Å². The molecule has 5 heteroatoms. The van der Waals surface area contributed by atoms with E-state index in [0.29, 0.717) is 11.1 Å². The molecule has 3 aromatic rings. The number of pyridine rings is 1. The maximum Gasteiger partial charge on any atom is 0.339 e. The number of carbonyl (C=O) groups excluding carboxylic acids is 1. The number of hydrogen-bond donors (Lipinski definition) is 0. The Bertz CT molecular complexity index is 1080. The van der Waals surface area contributed by atoms with Gasteiger partial charge in [0.05, 0.1) is 5.69 Å². The van der Waals surface area contributed by atoms with Gasteiger partial charge >= 0.3 is 5.97 Å². The summed E-state index contributed by atoms with van der Waals surface area (Å²) < 4.78 is 1.57. The van der Waals surface area contributed by atoms with E-state index < -0.39 is 12.1 Å². The summed E-state index contributed by atoms with van der Waals surface area (Å²) in [5.74, 6) is -0.541. The third-order valence-electron chi connectivity index (χ3n) is 4.70. The quantitative estimate of drug-likeness (QED) is 0.509. The lowest BCUT2D eigenvalue weighted by atomic mass is 9.91. The van der Waals surface area contributed by atoms with Crippen LogP contribution in [0.5, 0.6) is 0 Å². The summed E-state index contributed by atoms with van der Waals surface area (Å²) in [6.07, 6.45) is -0.619. The molecule has 0 bridgehead atoms. The number of fused-ring (bicyclic) bond motifs is 1. The van der Waals surface area contributed by atoms with E-state index in [1.165, 1.54) is 6.92 Å². The molecule has 0 spiro atoms. The van der Waals surface area contributed by atoms with Crippen molar-refractivity contribution in [3.8, 4) is 11.1 Å². The molecular formula is C22H23NO4. The number of hydrogen-bond acceptors (Lipinski definition) is 4. The first-order valence-corrected chi connectivity index (χ1v) is 8.84. The second kappa shape index (κ2) is 7.37. The van der Waals surface area contributed by atoms with Crippen molar-refractivity contribution in [2.75, 3.05) is 0 Å². The molecule has 2 aromatic carbocycles. The molecule has 140 valence electrons. The average Bonchev–Trinajstić information content (AvgIpc) is 2.63. The molecule has 1 heterocycles. The van der Waals surface area contributed by atoms with E-state index in [1.807, 2.05) is 44.2 Å². The van der Waals surface area contributed by atoms with Crippen LogP contribution in [-0.2, 0) is 21.6 Å². The maximum absolute atomic E-state index is 12.9. The Morgan fingerprint density at radius 2 is 1.74 bits per heavy atom. The van der Waals surface area contributed by atoms with Gasteiger partial charge in [-0.2, -0.15) is 4.89 Å². The third-order valence-corrected chi connectivity index (χ3v) is 4.70. The Labute approximate surface area is 158 Å². The van der Waals surface area contributed by atoms with Crippen LogP contribution in [0.15, 0.2) is 47.3 Å². The molecule has 1 atom stereocenters. The van der Waals surface area contributed by atoms with Crippen molar-refractivity contribution < 1.29 is 14.6 Å². The van der Waals surface area contributed by atoms with E-state index in [-0.39, 0.29) is 5.56 Å². The summed E-state index contributed by atoms with van der Waals surface area (Å²) in [4.78, 5) is 34.1. The van der Waals surface area contributed by atoms with Crippen molar-refractivity contribution in [3.05, 3.63) is 69.6 Å². The monoisotopic (exact) mass is 365 g/mol. The minimum absolute atomic E-state index is 0.118. The van der Waals surface area contributed by atoms with Gasteiger partial charge < -0.3 is 4.57 Å². The largest absolute Gasteiger partial charge is 0.339 e. The first kappa shape index (κ1) is 18.9. The maximum atomic E-state index is 12.9. The van der Waals surface area contributed by atoms with Crippen LogP contribution >= 0.6 is 0 Å². The van der Waals surface area contributed by atoms with Gasteiger partial charge in [0.15, 0.2) is 0 Å². The highest BCUT2D eigenvalue weighted by molar-refractivity contribution is 5.98. The molecule has 1 unspecified atom stereocenters. The van der Waals surface area contributed by atoms with E-state index >= 15 is 0 Å². The molecule has 0 saturated carbocycles. The van der Waals surface area contributed by atoms with Crippen LogP contribution in [0.3, 0.4) is 0 Å². The van der Waals surface area contributed by atoms with E-state index in [9.17, 15) is 9.59 Å². The van der Waals surface area contributed by atoms with Gasteiger partial charge in [-0.25, -0.2) is 4.79 Å². The number of aromatic nitrogens is 1. The lowest BCUT2D eigenvalue weighted by Crippen LogP contribution is -2.24. The standard InChI is InChI=1S/C22H23NO4/c1-13-10-11-17(14(2)12-13)20-18-8-6-7-9-19(18)22(25)23(5)21(20)15(3)26-27-16(4)24/h6-12,15H,1-5H3. The fourth-order valence-electron chi connectivity index (χ4n) is 3.52. The summed E-state index contributed by atoms with van der Waals surface area (Å²) in [5, 5.41) is 1.49. The van der Waals surface area contributed by atoms with Crippen LogP contribution in [0, 0.1) is 13.8 Å². The number of nitrogens with zero attached hydrogens (tertiary/aromatic N) is 1. The summed E-state index contributed by atoms with van der Waals surface area (Å²) in [6, 6.07) is 13.7. The van der Waals surface area contributed by atoms with Gasteiger partial charge in [-0.05, 0) is 43.4 Å². The van der Waals surface area contributed by atoms with E-state index in [4.69, 9.17) is 9.78 Å². The average molecular weight is 365 g/mol. The summed E-state index contributed by atoms with van der Waals surface area (Å²) in [7, 11) is 1.71. The van der Waals surface area contributed by atoms with Gasteiger partial charge in [0.25, 0.3) is 5.56 Å². The predicted octanol–water partition coefficient (Wildman–Crippen LogP) is 4.38. The summed E-state index contributed by atoms with van der Waals surface area (Å²) in [5.41, 5.74) is 4.72. The molecule has 0 aliphatic carbocycles. The van der Waals surface area contributed by atoms with Crippen LogP contribution in [-0.4, -0.2) is 10.5 Å². The zero-order valence-electron chi connectivity index (χ0n) is 16.2. The van der Waals surface area contributed by atoms with Crippen molar-refractivity contribution >= 4 is 16.7 Å². The van der Waals surface area contributed by atoms with Crippen LogP contribution < -0.4 is 5.56 Å². The smallest absolute Gasteiger partial charge is 0.312 e. The summed E-state index contributed by atoms with van der Waals surface area (Å²) >= 11 is 0. The molecule has 0 radical (unpaired) electrons. The molecule has 3 rings (SSSR count). The third kappa shape index (κ3) is 3.51. The number of carbonyl (C=O) groups is 1. The van der Waals surface area contributed by atoms with Gasteiger partial charge in [0.2, 0.25) is 0 Å². The van der Waals surface area contributed by atoms with Crippen molar-refractivity contribution in [3.63, 3.8) is 0 Å². The first-order valence-electron chi connectivity index (χ1n) is 8.84. The highest BCUT2D eigenvalue weighted by Gasteiger charge is 2.23. The Balaban J connectivity index is 2.37. The van der Waals surface area contributed by atoms with Gasteiger partial charge in [-0.15, -0.1) is 0 Å². The van der Waals surface area contributed by atoms with Gasteiger partial charge in [-0.1, -0.05) is 42.0 Å². The van der Waals surface area contributed by atoms with Crippen LogP contribution in [0.2, 0.25) is 0 Å². The first-order chi connectivity index (χ1) is 12.8. The van der Waals surface area contributed by atoms with E-state index in [2.05, 4.69) is 12.1 Å². The van der Waals surface area contributed by atoms with Gasteiger partial charge in [0.1, 0.15) is 6.10 Å². The van der Waals surface area contributed by atoms with Crippen molar-refractivity contribution in [2.45, 2.75) is 33.8 Å². The van der Waals surface area contributed by atoms with Crippen molar-refractivity contribution in [2.24, 2.45) is 7.05 Å². The highest BCUT2D eigenvalue weighted by atomic mass is 17.2. The van der Waals surface area contributed by atoms with Crippen molar-refractivity contribution in [1.29, 1.82) is 0 Å². The zero-order valence-corrected chi connectivity index (χ0v) is 16.2. The van der Waals surface area contributed by atoms with Crippen LogP contribution in [0.1, 0.15) is 36.8 Å². The van der Waals surface area contributed by atoms with E-state index in [0.717, 1.165) is 27.6 Å². The molecule has 0 aliphatic rings. The molecule has 27 heavy (non-hydrogen) atoms. The zero-order chi connectivity index (χ0) is 19.7. The SMILES string of the molecule is CC(=O)OOC(C)c1c(-c2ccc(C)cc2C)c2ccccc2c(=O)n1C. The summed E-state index contributed by atoms with van der Waals surface area (Å²) in [6.45, 7) is 7.13. The normalized spacial score (nSPS) is 12.2. The molecule has 0 aliphatic heterocycles. The van der Waals surface area contributed by atoms with Gasteiger partial charge in [0, 0.05) is 24.9 Å². The molecule has 0 fully saturated rings. The number of aryl methyl sites for hydroxylation is 2. The second-order valence-electron chi connectivity index (χ2n) is 6.80. The lowest BCUT2D eigenvalue weighted by molar-refractivity contribution is -0.296. The topological polar surface area (TPSA) is 57.5 Å². The second-order valence-corrected chi connectivity index (χ2v) is 6.80.